The molecule has 0 aliphatic heterocycles. The molecule has 3 N–H and O–H groups in total. The van der Waals surface area contributed by atoms with Gasteiger partial charge in [-0.25, -0.2) is 8.78 Å². The standard InChI is InChI=1S/C13H9ClF2N2O/c14-8-4-7(5-9(17)6-8)13(19)18-12-10(15)2-1-3-11(12)16/h1-6H,17H2,(H,18,19). The van der Waals surface area contributed by atoms with Gasteiger partial charge in [0.2, 0.25) is 0 Å². The zero-order chi connectivity index (χ0) is 14.0. The highest BCUT2D eigenvalue weighted by Crippen LogP contribution is 2.21. The molecule has 0 aromatic heterocycles. The largest absolute Gasteiger partial charge is 0.399 e. The number of nitrogen functional groups attached to an aromatic ring is 1. The maximum atomic E-state index is 13.4. The van der Waals surface area contributed by atoms with Gasteiger partial charge in [0.15, 0.2) is 0 Å². The molecular formula is C13H9ClF2N2O. The first-order valence-corrected chi connectivity index (χ1v) is 5.66. The Labute approximate surface area is 113 Å². The van der Waals surface area contributed by atoms with Crippen molar-refractivity contribution in [2.24, 2.45) is 0 Å². The average Bonchev–Trinajstić information content (AvgIpc) is 2.32. The fourth-order valence-corrected chi connectivity index (χ4v) is 1.79. The lowest BCUT2D eigenvalue weighted by Gasteiger charge is -2.08. The van der Waals surface area contributed by atoms with E-state index in [2.05, 4.69) is 5.32 Å². The molecule has 1 amide bonds. The van der Waals surface area contributed by atoms with Crippen molar-refractivity contribution < 1.29 is 13.6 Å². The molecule has 19 heavy (non-hydrogen) atoms. The minimum Gasteiger partial charge on any atom is -0.399 e. The van der Waals surface area contributed by atoms with Crippen molar-refractivity contribution in [3.63, 3.8) is 0 Å². The Balaban J connectivity index is 2.31. The van der Waals surface area contributed by atoms with Gasteiger partial charge < -0.3 is 11.1 Å². The summed E-state index contributed by atoms with van der Waals surface area (Å²) >= 11 is 5.75. The van der Waals surface area contributed by atoms with Crippen molar-refractivity contribution in [3.05, 3.63) is 58.6 Å². The number of rotatable bonds is 2. The van der Waals surface area contributed by atoms with E-state index in [1.54, 1.807) is 0 Å². The average molecular weight is 283 g/mol. The van der Waals surface area contributed by atoms with Crippen LogP contribution in [0.3, 0.4) is 0 Å². The summed E-state index contributed by atoms with van der Waals surface area (Å²) in [7, 11) is 0. The summed E-state index contributed by atoms with van der Waals surface area (Å²) in [6.07, 6.45) is 0. The Kier molecular flexibility index (Phi) is 3.66. The molecule has 2 rings (SSSR count). The molecule has 0 saturated carbocycles. The Morgan fingerprint density at radius 1 is 1.16 bits per heavy atom. The summed E-state index contributed by atoms with van der Waals surface area (Å²) in [5.74, 6) is -2.41. The normalized spacial score (nSPS) is 10.3. The summed E-state index contributed by atoms with van der Waals surface area (Å²) in [5, 5.41) is 2.41. The molecular weight excluding hydrogens is 274 g/mol. The van der Waals surface area contributed by atoms with Crippen LogP contribution in [-0.2, 0) is 0 Å². The Morgan fingerprint density at radius 3 is 2.37 bits per heavy atom. The van der Waals surface area contributed by atoms with E-state index in [0.29, 0.717) is 0 Å². The molecule has 98 valence electrons. The van der Waals surface area contributed by atoms with E-state index in [1.165, 1.54) is 24.3 Å². The van der Waals surface area contributed by atoms with Crippen LogP contribution >= 0.6 is 11.6 Å². The molecule has 0 bridgehead atoms. The van der Waals surface area contributed by atoms with Gasteiger partial charge in [0.25, 0.3) is 5.91 Å². The number of carbonyl (C=O) groups excluding carboxylic acids is 1. The van der Waals surface area contributed by atoms with E-state index < -0.39 is 23.2 Å². The van der Waals surface area contributed by atoms with Crippen molar-refractivity contribution >= 4 is 28.9 Å². The second kappa shape index (κ2) is 5.24. The topological polar surface area (TPSA) is 55.1 Å². The Morgan fingerprint density at radius 2 is 1.79 bits per heavy atom. The molecule has 3 nitrogen and oxygen atoms in total. The van der Waals surface area contributed by atoms with Crippen LogP contribution in [0.1, 0.15) is 10.4 Å². The van der Waals surface area contributed by atoms with Crippen molar-refractivity contribution in [2.45, 2.75) is 0 Å². The van der Waals surface area contributed by atoms with E-state index in [4.69, 9.17) is 17.3 Å². The first kappa shape index (κ1) is 13.3. The fraction of sp³-hybridized carbons (Fsp3) is 0. The van der Waals surface area contributed by atoms with E-state index in [-0.39, 0.29) is 16.3 Å². The molecule has 0 saturated heterocycles. The van der Waals surface area contributed by atoms with Gasteiger partial charge in [-0.15, -0.1) is 0 Å². The number of amides is 1. The van der Waals surface area contributed by atoms with E-state index in [0.717, 1.165) is 12.1 Å². The first-order valence-electron chi connectivity index (χ1n) is 5.29. The SMILES string of the molecule is Nc1cc(Cl)cc(C(=O)Nc2c(F)cccc2F)c1. The Hall–Kier alpha value is -2.14. The minimum atomic E-state index is -0.858. The van der Waals surface area contributed by atoms with Gasteiger partial charge in [0, 0.05) is 16.3 Å². The fourth-order valence-electron chi connectivity index (χ4n) is 1.55. The summed E-state index contributed by atoms with van der Waals surface area (Å²) in [5.41, 5.74) is 5.43. The number of halogens is 3. The molecule has 0 fully saturated rings. The van der Waals surface area contributed by atoms with Crippen LogP contribution in [0.25, 0.3) is 0 Å². The lowest BCUT2D eigenvalue weighted by Crippen LogP contribution is -2.14. The molecule has 2 aromatic rings. The van der Waals surface area contributed by atoms with Crippen molar-refractivity contribution in [1.29, 1.82) is 0 Å². The first-order chi connectivity index (χ1) is 8.97. The number of carbonyl (C=O) groups is 1. The molecule has 0 heterocycles. The quantitative estimate of drug-likeness (QED) is 0.829. The van der Waals surface area contributed by atoms with Crippen LogP contribution in [0, 0.1) is 11.6 Å². The van der Waals surface area contributed by atoms with Gasteiger partial charge in [-0.2, -0.15) is 0 Å². The van der Waals surface area contributed by atoms with Gasteiger partial charge in [0.05, 0.1) is 0 Å². The highest BCUT2D eigenvalue weighted by atomic mass is 35.5. The smallest absolute Gasteiger partial charge is 0.255 e. The number of nitrogens with two attached hydrogens (primary N) is 1. The lowest BCUT2D eigenvalue weighted by atomic mass is 10.2. The summed E-state index contributed by atoms with van der Waals surface area (Å²) in [6, 6.07) is 7.47. The van der Waals surface area contributed by atoms with Crippen LogP contribution < -0.4 is 11.1 Å². The van der Waals surface area contributed by atoms with Crippen molar-refractivity contribution in [2.75, 3.05) is 11.1 Å². The van der Waals surface area contributed by atoms with E-state index in [1.807, 2.05) is 0 Å². The molecule has 0 aliphatic rings. The van der Waals surface area contributed by atoms with Gasteiger partial charge in [-0.1, -0.05) is 17.7 Å². The van der Waals surface area contributed by atoms with Crippen LogP contribution in [0.4, 0.5) is 20.2 Å². The second-order valence-electron chi connectivity index (χ2n) is 3.82. The maximum Gasteiger partial charge on any atom is 0.255 e. The van der Waals surface area contributed by atoms with Crippen molar-refractivity contribution in [1.82, 2.24) is 0 Å². The number of nitrogens with one attached hydrogen (secondary N) is 1. The van der Waals surface area contributed by atoms with Crippen LogP contribution in [-0.4, -0.2) is 5.91 Å². The summed E-state index contributed by atoms with van der Waals surface area (Å²) in [4.78, 5) is 11.9. The molecule has 0 aliphatic carbocycles. The second-order valence-corrected chi connectivity index (χ2v) is 4.26. The third kappa shape index (κ3) is 3.00. The number of benzene rings is 2. The van der Waals surface area contributed by atoms with Gasteiger partial charge in [-0.05, 0) is 30.3 Å². The van der Waals surface area contributed by atoms with Crippen LogP contribution in [0.15, 0.2) is 36.4 Å². The third-order valence-electron chi connectivity index (χ3n) is 2.38. The highest BCUT2D eigenvalue weighted by molar-refractivity contribution is 6.31. The summed E-state index contributed by atoms with van der Waals surface area (Å²) < 4.78 is 26.8. The molecule has 0 radical (unpaired) electrons. The summed E-state index contributed by atoms with van der Waals surface area (Å²) in [6.45, 7) is 0. The molecule has 2 aromatic carbocycles. The number of anilines is 2. The van der Waals surface area contributed by atoms with Crippen LogP contribution in [0.5, 0.6) is 0 Å². The van der Waals surface area contributed by atoms with Gasteiger partial charge >= 0.3 is 0 Å². The maximum absolute atomic E-state index is 13.4. The molecule has 6 heteroatoms. The Bertz CT molecular complexity index is 606. The molecule has 0 atom stereocenters. The van der Waals surface area contributed by atoms with Gasteiger partial charge in [-0.3, -0.25) is 4.79 Å². The van der Waals surface area contributed by atoms with Crippen molar-refractivity contribution in [3.8, 4) is 0 Å². The third-order valence-corrected chi connectivity index (χ3v) is 2.60. The van der Waals surface area contributed by atoms with E-state index in [9.17, 15) is 13.6 Å². The van der Waals surface area contributed by atoms with Crippen LogP contribution in [0.2, 0.25) is 5.02 Å². The zero-order valence-electron chi connectivity index (χ0n) is 9.58. The molecule has 0 unspecified atom stereocenters. The molecule has 0 spiro atoms. The predicted octanol–water partition coefficient (Wildman–Crippen LogP) is 3.45. The monoisotopic (exact) mass is 282 g/mol. The van der Waals surface area contributed by atoms with Gasteiger partial charge in [0.1, 0.15) is 17.3 Å². The minimum absolute atomic E-state index is 0.118. The highest BCUT2D eigenvalue weighted by Gasteiger charge is 2.14. The zero-order valence-corrected chi connectivity index (χ0v) is 10.3. The predicted molar refractivity (Wildman–Crippen MR) is 70.2 cm³/mol. The van der Waals surface area contributed by atoms with E-state index >= 15 is 0 Å². The number of hydrogen-bond donors (Lipinski definition) is 2. The number of hydrogen-bond acceptors (Lipinski definition) is 2. The lowest BCUT2D eigenvalue weighted by molar-refractivity contribution is 0.102. The number of para-hydroxylation sites is 1.